The van der Waals surface area contributed by atoms with Crippen LogP contribution in [0, 0.1) is 11.8 Å². The molecule has 5 nitrogen and oxygen atoms in total. The summed E-state index contributed by atoms with van der Waals surface area (Å²) < 4.78 is 0. The SMILES string of the molecule is NC(=O)[C@H](C=C[C@@H](Cc1ccc2ccccc2c1)NC(=O)C1CCNCC1)Cc1ccc2ccccc2c1. The first-order chi connectivity index (χ1) is 18.5. The molecule has 2 amide bonds. The molecule has 0 bridgehead atoms. The van der Waals surface area contributed by atoms with Crippen LogP contribution < -0.4 is 16.4 Å². The van der Waals surface area contributed by atoms with E-state index >= 15 is 0 Å². The van der Waals surface area contributed by atoms with Gasteiger partial charge in [-0.3, -0.25) is 9.59 Å². The summed E-state index contributed by atoms with van der Waals surface area (Å²) in [5.74, 6) is -0.755. The summed E-state index contributed by atoms with van der Waals surface area (Å²) in [5, 5.41) is 11.2. The van der Waals surface area contributed by atoms with Gasteiger partial charge in [0.15, 0.2) is 0 Å². The van der Waals surface area contributed by atoms with Gasteiger partial charge in [-0.1, -0.05) is 97.1 Å². The zero-order valence-electron chi connectivity index (χ0n) is 21.6. The average molecular weight is 506 g/mol. The van der Waals surface area contributed by atoms with Crippen LogP contribution >= 0.6 is 0 Å². The van der Waals surface area contributed by atoms with Crippen molar-refractivity contribution in [2.45, 2.75) is 31.7 Å². The molecule has 38 heavy (non-hydrogen) atoms. The molecule has 4 aromatic rings. The summed E-state index contributed by atoms with van der Waals surface area (Å²) in [4.78, 5) is 25.6. The molecule has 0 saturated carbocycles. The summed E-state index contributed by atoms with van der Waals surface area (Å²) >= 11 is 0. The van der Waals surface area contributed by atoms with E-state index in [1.54, 1.807) is 0 Å². The first kappa shape index (κ1) is 25.7. The molecule has 5 rings (SSSR count). The molecule has 194 valence electrons. The molecular weight excluding hydrogens is 470 g/mol. The van der Waals surface area contributed by atoms with Crippen LogP contribution in [0.2, 0.25) is 0 Å². The molecule has 1 aliphatic heterocycles. The van der Waals surface area contributed by atoms with Crippen LogP contribution in [0.5, 0.6) is 0 Å². The van der Waals surface area contributed by atoms with Crippen LogP contribution in [-0.2, 0) is 22.4 Å². The van der Waals surface area contributed by atoms with E-state index in [9.17, 15) is 9.59 Å². The first-order valence-electron chi connectivity index (χ1n) is 13.5. The topological polar surface area (TPSA) is 84.2 Å². The molecule has 2 atom stereocenters. The first-order valence-corrected chi connectivity index (χ1v) is 13.5. The Kier molecular flexibility index (Phi) is 8.15. The van der Waals surface area contributed by atoms with E-state index in [-0.39, 0.29) is 23.8 Å². The van der Waals surface area contributed by atoms with Crippen LogP contribution in [-0.4, -0.2) is 30.9 Å². The molecule has 0 radical (unpaired) electrons. The van der Waals surface area contributed by atoms with Crippen LogP contribution in [0.25, 0.3) is 21.5 Å². The third-order valence-electron chi connectivity index (χ3n) is 7.52. The maximum absolute atomic E-state index is 13.1. The van der Waals surface area contributed by atoms with Crippen LogP contribution in [0.3, 0.4) is 0 Å². The lowest BCUT2D eigenvalue weighted by atomic mass is 9.93. The minimum absolute atomic E-state index is 0.00768. The van der Waals surface area contributed by atoms with Crippen molar-refractivity contribution in [1.29, 1.82) is 0 Å². The summed E-state index contributed by atoms with van der Waals surface area (Å²) in [6.45, 7) is 1.72. The van der Waals surface area contributed by atoms with Crippen LogP contribution in [0.15, 0.2) is 97.1 Å². The fourth-order valence-corrected chi connectivity index (χ4v) is 5.32. The Morgan fingerprint density at radius 3 is 1.92 bits per heavy atom. The van der Waals surface area contributed by atoms with E-state index in [1.165, 1.54) is 16.2 Å². The molecule has 4 N–H and O–H groups in total. The molecule has 0 spiro atoms. The summed E-state index contributed by atoms with van der Waals surface area (Å²) in [7, 11) is 0. The fraction of sp³-hybridized carbons (Fsp3) is 0.273. The van der Waals surface area contributed by atoms with Gasteiger partial charge in [-0.05, 0) is 71.4 Å². The Bertz CT molecular complexity index is 1460. The molecular formula is C33H35N3O2. The maximum atomic E-state index is 13.1. The van der Waals surface area contributed by atoms with Gasteiger partial charge in [0.05, 0.1) is 12.0 Å². The Morgan fingerprint density at radius 2 is 1.34 bits per heavy atom. The number of hydrogen-bond donors (Lipinski definition) is 3. The standard InChI is InChI=1S/C33H35N3O2/c34-32(37)30(21-23-9-11-25-5-1-3-7-28(25)19-23)13-14-31(36-33(38)27-15-17-35-18-16-27)22-24-10-12-26-6-2-4-8-29(26)20-24/h1-14,19-20,27,30-31,35H,15-18,21-22H2,(H2,34,37)(H,36,38)/t30-,31+/m1/s1. The van der Waals surface area contributed by atoms with E-state index in [1.807, 2.05) is 36.4 Å². The van der Waals surface area contributed by atoms with Crippen molar-refractivity contribution in [2.24, 2.45) is 17.6 Å². The number of carbonyl (C=O) groups is 2. The Labute approximate surface area is 224 Å². The summed E-state index contributed by atoms with van der Waals surface area (Å²) in [6.07, 6.45) is 6.67. The van der Waals surface area contributed by atoms with Gasteiger partial charge < -0.3 is 16.4 Å². The van der Waals surface area contributed by atoms with E-state index < -0.39 is 5.92 Å². The third-order valence-corrected chi connectivity index (χ3v) is 7.52. The normalized spacial score (nSPS) is 16.0. The number of piperidine rings is 1. The van der Waals surface area contributed by atoms with E-state index in [0.717, 1.165) is 42.4 Å². The lowest BCUT2D eigenvalue weighted by Crippen LogP contribution is -2.43. The number of rotatable bonds is 9. The highest BCUT2D eigenvalue weighted by Gasteiger charge is 2.23. The molecule has 1 aliphatic rings. The zero-order valence-corrected chi connectivity index (χ0v) is 21.6. The lowest BCUT2D eigenvalue weighted by molar-refractivity contribution is -0.126. The van der Waals surface area contributed by atoms with Crippen molar-refractivity contribution in [1.82, 2.24) is 10.6 Å². The van der Waals surface area contributed by atoms with Gasteiger partial charge in [-0.15, -0.1) is 0 Å². The fourth-order valence-electron chi connectivity index (χ4n) is 5.32. The largest absolute Gasteiger partial charge is 0.369 e. The van der Waals surface area contributed by atoms with Crippen molar-refractivity contribution in [3.8, 4) is 0 Å². The number of fused-ring (bicyclic) bond motifs is 2. The number of nitrogens with two attached hydrogens (primary N) is 1. The van der Waals surface area contributed by atoms with Crippen molar-refractivity contribution >= 4 is 33.4 Å². The molecule has 4 aromatic carbocycles. The Morgan fingerprint density at radius 1 is 0.789 bits per heavy atom. The van der Waals surface area contributed by atoms with Gasteiger partial charge in [-0.2, -0.15) is 0 Å². The number of benzene rings is 4. The Balaban J connectivity index is 1.36. The molecule has 0 aliphatic carbocycles. The lowest BCUT2D eigenvalue weighted by Gasteiger charge is -2.24. The highest BCUT2D eigenvalue weighted by Crippen LogP contribution is 2.21. The molecule has 5 heteroatoms. The average Bonchev–Trinajstić information content (AvgIpc) is 2.95. The van der Waals surface area contributed by atoms with Gasteiger partial charge in [0.1, 0.15) is 0 Å². The third kappa shape index (κ3) is 6.48. The molecule has 0 aromatic heterocycles. The number of hydrogen-bond acceptors (Lipinski definition) is 3. The predicted molar refractivity (Wildman–Crippen MR) is 155 cm³/mol. The minimum Gasteiger partial charge on any atom is -0.369 e. The molecule has 1 heterocycles. The van der Waals surface area contributed by atoms with Crippen molar-refractivity contribution in [3.05, 3.63) is 108 Å². The van der Waals surface area contributed by atoms with Gasteiger partial charge in [0.25, 0.3) is 0 Å². The number of amides is 2. The van der Waals surface area contributed by atoms with Gasteiger partial charge in [0, 0.05) is 5.92 Å². The second-order valence-electron chi connectivity index (χ2n) is 10.3. The molecule has 0 unspecified atom stereocenters. The number of primary amides is 1. The van der Waals surface area contributed by atoms with Gasteiger partial charge >= 0.3 is 0 Å². The smallest absolute Gasteiger partial charge is 0.224 e. The van der Waals surface area contributed by atoms with Crippen molar-refractivity contribution in [2.75, 3.05) is 13.1 Å². The maximum Gasteiger partial charge on any atom is 0.224 e. The van der Waals surface area contributed by atoms with Crippen LogP contribution in [0.1, 0.15) is 24.0 Å². The minimum atomic E-state index is -0.467. The van der Waals surface area contributed by atoms with E-state index in [0.29, 0.717) is 12.8 Å². The second kappa shape index (κ2) is 12.1. The van der Waals surface area contributed by atoms with E-state index in [2.05, 4.69) is 71.3 Å². The quantitative estimate of drug-likeness (QED) is 0.282. The summed E-state index contributed by atoms with van der Waals surface area (Å²) in [5.41, 5.74) is 8.02. The highest BCUT2D eigenvalue weighted by atomic mass is 16.2. The predicted octanol–water partition coefficient (Wildman–Crippen LogP) is 4.92. The van der Waals surface area contributed by atoms with Gasteiger partial charge in [-0.25, -0.2) is 0 Å². The number of nitrogens with one attached hydrogen (secondary N) is 2. The molecule has 1 saturated heterocycles. The Hall–Kier alpha value is -3.96. The van der Waals surface area contributed by atoms with Crippen LogP contribution in [0.4, 0.5) is 0 Å². The zero-order chi connectivity index (χ0) is 26.3. The molecule has 1 fully saturated rings. The van der Waals surface area contributed by atoms with Gasteiger partial charge in [0.2, 0.25) is 11.8 Å². The van der Waals surface area contributed by atoms with Crippen molar-refractivity contribution < 1.29 is 9.59 Å². The van der Waals surface area contributed by atoms with E-state index in [4.69, 9.17) is 5.73 Å². The monoisotopic (exact) mass is 505 g/mol. The second-order valence-corrected chi connectivity index (χ2v) is 10.3. The highest BCUT2D eigenvalue weighted by molar-refractivity contribution is 5.84. The summed E-state index contributed by atoms with van der Waals surface area (Å²) in [6, 6.07) is 28.9. The number of carbonyl (C=O) groups excluding carboxylic acids is 2. The van der Waals surface area contributed by atoms with Crippen molar-refractivity contribution in [3.63, 3.8) is 0 Å².